The zero-order valence-corrected chi connectivity index (χ0v) is 13.7. The summed E-state index contributed by atoms with van der Waals surface area (Å²) in [5.41, 5.74) is 8.85. The number of aromatic nitrogens is 2. The molecule has 0 aliphatic carbocycles. The number of pyridine rings is 2. The number of nitrogens with one attached hydrogen (secondary N) is 1. The van der Waals surface area contributed by atoms with Crippen LogP contribution in [0.25, 0.3) is 0 Å². The lowest BCUT2D eigenvalue weighted by atomic mass is 10.0. The second kappa shape index (κ2) is 8.83. The molecule has 5 heteroatoms. The molecule has 0 radical (unpaired) electrons. The lowest BCUT2D eigenvalue weighted by Crippen LogP contribution is -2.32. The number of rotatable bonds is 8. The second-order valence-corrected chi connectivity index (χ2v) is 5.82. The van der Waals surface area contributed by atoms with Gasteiger partial charge in [-0.2, -0.15) is 0 Å². The molecule has 0 aliphatic rings. The van der Waals surface area contributed by atoms with Crippen LogP contribution in [0.1, 0.15) is 29.8 Å². The van der Waals surface area contributed by atoms with Crippen molar-refractivity contribution in [3.8, 4) is 0 Å². The molecule has 2 heterocycles. The van der Waals surface area contributed by atoms with Gasteiger partial charge in [-0.1, -0.05) is 17.7 Å². The Labute approximate surface area is 137 Å². The van der Waals surface area contributed by atoms with Crippen molar-refractivity contribution >= 4 is 11.6 Å². The van der Waals surface area contributed by atoms with Crippen molar-refractivity contribution < 1.29 is 0 Å². The molecule has 3 N–H and O–H groups in total. The van der Waals surface area contributed by atoms with Gasteiger partial charge in [0.15, 0.2) is 0 Å². The monoisotopic (exact) mass is 318 g/mol. The van der Waals surface area contributed by atoms with E-state index >= 15 is 0 Å². The van der Waals surface area contributed by atoms with Crippen LogP contribution in [0.3, 0.4) is 0 Å². The van der Waals surface area contributed by atoms with Crippen molar-refractivity contribution in [2.75, 3.05) is 6.54 Å². The molecule has 0 aliphatic heterocycles. The number of aryl methyl sites for hydroxylation is 1. The third kappa shape index (κ3) is 5.05. The minimum absolute atomic E-state index is 0.289. The van der Waals surface area contributed by atoms with Gasteiger partial charge in [-0.25, -0.2) is 0 Å². The molecule has 2 aromatic heterocycles. The normalized spacial score (nSPS) is 12.3. The highest BCUT2D eigenvalue weighted by Gasteiger charge is 2.13. The maximum absolute atomic E-state index is 6.22. The predicted octanol–water partition coefficient (Wildman–Crippen LogP) is 2.88. The highest BCUT2D eigenvalue weighted by atomic mass is 35.5. The Balaban J connectivity index is 2.00. The number of hydrogen-bond donors (Lipinski definition) is 2. The van der Waals surface area contributed by atoms with Gasteiger partial charge in [-0.15, -0.1) is 0 Å². The van der Waals surface area contributed by atoms with Crippen LogP contribution >= 0.6 is 11.6 Å². The molecule has 1 unspecified atom stereocenters. The minimum atomic E-state index is 0.289. The van der Waals surface area contributed by atoms with Crippen LogP contribution in [0.15, 0.2) is 36.7 Å². The maximum Gasteiger partial charge on any atom is 0.0622 e. The lowest BCUT2D eigenvalue weighted by Gasteiger charge is -2.19. The summed E-state index contributed by atoms with van der Waals surface area (Å²) in [4.78, 5) is 8.81. The van der Waals surface area contributed by atoms with Crippen LogP contribution in [0.2, 0.25) is 5.02 Å². The Bertz CT molecular complexity index is 588. The Morgan fingerprint density at radius 2 is 1.91 bits per heavy atom. The van der Waals surface area contributed by atoms with E-state index in [1.807, 2.05) is 24.4 Å². The van der Waals surface area contributed by atoms with Gasteiger partial charge in [0.25, 0.3) is 0 Å². The van der Waals surface area contributed by atoms with E-state index in [4.69, 9.17) is 17.3 Å². The number of halogens is 1. The smallest absolute Gasteiger partial charge is 0.0622 e. The zero-order valence-electron chi connectivity index (χ0n) is 12.9. The summed E-state index contributed by atoms with van der Waals surface area (Å²) in [7, 11) is 0. The van der Waals surface area contributed by atoms with Crippen molar-refractivity contribution in [2.24, 2.45) is 5.73 Å². The average molecular weight is 319 g/mol. The first-order valence-electron chi connectivity index (χ1n) is 7.64. The van der Waals surface area contributed by atoms with Crippen LogP contribution < -0.4 is 11.1 Å². The molecule has 1 atom stereocenters. The van der Waals surface area contributed by atoms with Gasteiger partial charge in [0.05, 0.1) is 16.4 Å². The van der Waals surface area contributed by atoms with Crippen molar-refractivity contribution in [1.82, 2.24) is 15.3 Å². The van der Waals surface area contributed by atoms with Gasteiger partial charge in [0.2, 0.25) is 0 Å². The molecule has 118 valence electrons. The van der Waals surface area contributed by atoms with Crippen LogP contribution in [0.4, 0.5) is 0 Å². The summed E-state index contributed by atoms with van der Waals surface area (Å²) in [6, 6.07) is 8.06. The molecule has 0 fully saturated rings. The van der Waals surface area contributed by atoms with Gasteiger partial charge in [0.1, 0.15) is 0 Å². The van der Waals surface area contributed by atoms with E-state index in [2.05, 4.69) is 28.3 Å². The van der Waals surface area contributed by atoms with Gasteiger partial charge < -0.3 is 11.1 Å². The Hall–Kier alpha value is -1.49. The number of nitrogens with two attached hydrogens (primary N) is 1. The summed E-state index contributed by atoms with van der Waals surface area (Å²) in [5, 5.41) is 4.29. The highest BCUT2D eigenvalue weighted by Crippen LogP contribution is 2.16. The van der Waals surface area contributed by atoms with Crippen LogP contribution in [0.5, 0.6) is 0 Å². The Morgan fingerprint density at radius 1 is 1.18 bits per heavy atom. The lowest BCUT2D eigenvalue weighted by molar-refractivity contribution is 0.459. The number of hydrogen-bond acceptors (Lipinski definition) is 4. The Morgan fingerprint density at radius 3 is 2.59 bits per heavy atom. The first-order chi connectivity index (χ1) is 10.7. The largest absolute Gasteiger partial charge is 0.330 e. The molecule has 2 aromatic rings. The summed E-state index contributed by atoms with van der Waals surface area (Å²) >= 11 is 6.22. The highest BCUT2D eigenvalue weighted by molar-refractivity contribution is 6.31. The van der Waals surface area contributed by atoms with Crippen molar-refractivity contribution in [3.05, 3.63) is 58.6 Å². The zero-order chi connectivity index (χ0) is 15.8. The number of nitrogens with zero attached hydrogens (tertiary/aromatic N) is 2. The first-order valence-corrected chi connectivity index (χ1v) is 8.02. The van der Waals surface area contributed by atoms with Gasteiger partial charge in [0, 0.05) is 31.4 Å². The van der Waals surface area contributed by atoms with E-state index in [9.17, 15) is 0 Å². The van der Waals surface area contributed by atoms with Crippen LogP contribution in [-0.4, -0.2) is 22.6 Å². The third-order valence-electron chi connectivity index (χ3n) is 3.71. The topological polar surface area (TPSA) is 63.8 Å². The predicted molar refractivity (Wildman–Crippen MR) is 90.8 cm³/mol. The molecule has 0 aromatic carbocycles. The van der Waals surface area contributed by atoms with E-state index in [-0.39, 0.29) is 6.04 Å². The van der Waals surface area contributed by atoms with Crippen LogP contribution in [0, 0.1) is 6.92 Å². The van der Waals surface area contributed by atoms with Crippen molar-refractivity contribution in [1.29, 1.82) is 0 Å². The fourth-order valence-electron chi connectivity index (χ4n) is 2.39. The molecule has 0 bridgehead atoms. The minimum Gasteiger partial charge on any atom is -0.330 e. The fourth-order valence-corrected chi connectivity index (χ4v) is 2.59. The van der Waals surface area contributed by atoms with Gasteiger partial charge in [-0.05, 0) is 50.1 Å². The summed E-state index contributed by atoms with van der Waals surface area (Å²) in [5.74, 6) is 0. The molecule has 2 rings (SSSR count). The molecule has 4 nitrogen and oxygen atoms in total. The SMILES string of the molecule is Cc1cccnc1CNC(CCCN)Cc1ncccc1Cl. The van der Waals surface area contributed by atoms with Crippen molar-refractivity contribution in [2.45, 2.75) is 38.8 Å². The van der Waals surface area contributed by atoms with Gasteiger partial charge in [-0.3, -0.25) is 9.97 Å². The van der Waals surface area contributed by atoms with E-state index in [0.717, 1.165) is 42.2 Å². The summed E-state index contributed by atoms with van der Waals surface area (Å²) in [6.45, 7) is 3.51. The Kier molecular flexibility index (Phi) is 6.77. The van der Waals surface area contributed by atoms with Gasteiger partial charge >= 0.3 is 0 Å². The van der Waals surface area contributed by atoms with E-state index in [1.165, 1.54) is 5.56 Å². The molecule has 0 saturated heterocycles. The molecule has 0 spiro atoms. The van der Waals surface area contributed by atoms with E-state index < -0.39 is 0 Å². The molecular weight excluding hydrogens is 296 g/mol. The fraction of sp³-hybridized carbons (Fsp3) is 0.412. The molecule has 0 amide bonds. The maximum atomic E-state index is 6.22. The standard InChI is InChI=1S/C17H23ClN4/c1-13-5-3-9-21-17(13)12-22-14(6-2-8-19)11-16-15(18)7-4-10-20-16/h3-5,7,9-10,14,22H,2,6,8,11-12,19H2,1H3. The molecular formula is C17H23ClN4. The molecule has 0 saturated carbocycles. The van der Waals surface area contributed by atoms with Crippen molar-refractivity contribution in [3.63, 3.8) is 0 Å². The quantitative estimate of drug-likeness (QED) is 0.785. The summed E-state index contributed by atoms with van der Waals surface area (Å²) < 4.78 is 0. The summed E-state index contributed by atoms with van der Waals surface area (Å²) in [6.07, 6.45) is 6.38. The van der Waals surface area contributed by atoms with E-state index in [1.54, 1.807) is 6.20 Å². The average Bonchev–Trinajstić information content (AvgIpc) is 2.53. The molecule has 22 heavy (non-hydrogen) atoms. The van der Waals surface area contributed by atoms with Crippen LogP contribution in [-0.2, 0) is 13.0 Å². The first kappa shape index (κ1) is 16.9. The third-order valence-corrected chi connectivity index (χ3v) is 4.05. The van der Waals surface area contributed by atoms with E-state index in [0.29, 0.717) is 6.54 Å². The second-order valence-electron chi connectivity index (χ2n) is 5.41.